The number of ether oxygens (including phenoxy) is 2. The Hall–Kier alpha value is -3.28. The summed E-state index contributed by atoms with van der Waals surface area (Å²) in [5.41, 5.74) is 5.33. The van der Waals surface area contributed by atoms with Crippen molar-refractivity contribution in [2.75, 3.05) is 14.2 Å². The molecular weight excluding hydrogens is 354 g/mol. The quantitative estimate of drug-likeness (QED) is 0.508. The van der Waals surface area contributed by atoms with E-state index in [1.807, 2.05) is 24.3 Å². The number of methoxy groups -OCH3 is 2. The second kappa shape index (κ2) is 7.03. The summed E-state index contributed by atoms with van der Waals surface area (Å²) in [6, 6.07) is 12.1. The van der Waals surface area contributed by atoms with E-state index >= 15 is 0 Å². The summed E-state index contributed by atoms with van der Waals surface area (Å²) < 4.78 is 16.5. The van der Waals surface area contributed by atoms with Crippen LogP contribution in [0.1, 0.15) is 31.2 Å². The van der Waals surface area contributed by atoms with E-state index in [0.29, 0.717) is 29.2 Å². The van der Waals surface area contributed by atoms with Crippen LogP contribution in [0.2, 0.25) is 0 Å². The molecule has 2 aromatic heterocycles. The van der Waals surface area contributed by atoms with Gasteiger partial charge in [0.1, 0.15) is 0 Å². The first-order valence-electron chi connectivity index (χ1n) is 9.20. The van der Waals surface area contributed by atoms with Crippen LogP contribution in [-0.4, -0.2) is 29.4 Å². The molecule has 0 aliphatic carbocycles. The maximum atomic E-state index is 5.60. The largest absolute Gasteiger partial charge is 0.493 e. The van der Waals surface area contributed by atoms with E-state index in [1.165, 1.54) is 5.56 Å². The van der Waals surface area contributed by atoms with Crippen LogP contribution in [-0.2, 0) is 0 Å². The Morgan fingerprint density at radius 1 is 0.929 bits per heavy atom. The van der Waals surface area contributed by atoms with Gasteiger partial charge in [-0.05, 0) is 47.9 Å². The van der Waals surface area contributed by atoms with Gasteiger partial charge in [-0.1, -0.05) is 13.8 Å². The Bertz CT molecular complexity index is 1140. The number of aryl methyl sites for hydroxylation is 1. The van der Waals surface area contributed by atoms with Crippen molar-refractivity contribution in [3.8, 4) is 34.2 Å². The Morgan fingerprint density at radius 3 is 2.32 bits per heavy atom. The molecule has 0 aliphatic heterocycles. The number of nitrogens with zero attached hydrogens (tertiary/aromatic N) is 2. The zero-order valence-corrected chi connectivity index (χ0v) is 16.7. The molecule has 0 saturated heterocycles. The maximum absolute atomic E-state index is 5.60. The summed E-state index contributed by atoms with van der Waals surface area (Å²) >= 11 is 0. The van der Waals surface area contributed by atoms with Crippen LogP contribution >= 0.6 is 0 Å². The van der Waals surface area contributed by atoms with Gasteiger partial charge in [0.05, 0.1) is 19.9 Å². The van der Waals surface area contributed by atoms with Crippen LogP contribution in [0.5, 0.6) is 11.5 Å². The SMILES string of the molecule is COc1ccc(-c2[nH]c3ccc(-c4nnc(C)o4)cc3c2C(C)C)cc1OC. The van der Waals surface area contributed by atoms with Crippen LogP contribution < -0.4 is 9.47 Å². The van der Waals surface area contributed by atoms with Gasteiger partial charge in [0.25, 0.3) is 0 Å². The van der Waals surface area contributed by atoms with E-state index < -0.39 is 0 Å². The minimum Gasteiger partial charge on any atom is -0.493 e. The summed E-state index contributed by atoms with van der Waals surface area (Å²) in [5.74, 6) is 2.82. The summed E-state index contributed by atoms with van der Waals surface area (Å²) in [6.07, 6.45) is 0. The first-order chi connectivity index (χ1) is 13.5. The van der Waals surface area contributed by atoms with Crippen molar-refractivity contribution in [3.63, 3.8) is 0 Å². The second-order valence-electron chi connectivity index (χ2n) is 7.02. The molecule has 28 heavy (non-hydrogen) atoms. The molecular formula is C22H23N3O3. The highest BCUT2D eigenvalue weighted by molar-refractivity contribution is 5.94. The molecule has 1 N–H and O–H groups in total. The average molecular weight is 377 g/mol. The molecule has 0 radical (unpaired) electrons. The highest BCUT2D eigenvalue weighted by Crippen LogP contribution is 2.39. The van der Waals surface area contributed by atoms with E-state index in [1.54, 1.807) is 21.1 Å². The van der Waals surface area contributed by atoms with Gasteiger partial charge < -0.3 is 18.9 Å². The predicted molar refractivity (Wildman–Crippen MR) is 109 cm³/mol. The third-order valence-electron chi connectivity index (χ3n) is 4.86. The van der Waals surface area contributed by atoms with Crippen molar-refractivity contribution >= 4 is 10.9 Å². The molecule has 6 nitrogen and oxygen atoms in total. The van der Waals surface area contributed by atoms with Crippen molar-refractivity contribution < 1.29 is 13.9 Å². The lowest BCUT2D eigenvalue weighted by molar-refractivity contribution is 0.355. The van der Waals surface area contributed by atoms with Crippen LogP contribution in [0, 0.1) is 6.92 Å². The van der Waals surface area contributed by atoms with E-state index in [0.717, 1.165) is 27.7 Å². The highest BCUT2D eigenvalue weighted by Gasteiger charge is 2.19. The Labute approximate surface area is 163 Å². The highest BCUT2D eigenvalue weighted by atomic mass is 16.5. The van der Waals surface area contributed by atoms with Crippen molar-refractivity contribution in [2.45, 2.75) is 26.7 Å². The molecule has 144 valence electrons. The number of hydrogen-bond donors (Lipinski definition) is 1. The molecule has 0 atom stereocenters. The number of aromatic nitrogens is 3. The monoisotopic (exact) mass is 377 g/mol. The van der Waals surface area contributed by atoms with E-state index in [9.17, 15) is 0 Å². The van der Waals surface area contributed by atoms with Crippen LogP contribution in [0.4, 0.5) is 0 Å². The molecule has 6 heteroatoms. The number of H-pyrrole nitrogens is 1. The smallest absolute Gasteiger partial charge is 0.247 e. The van der Waals surface area contributed by atoms with Gasteiger partial charge in [-0.25, -0.2) is 0 Å². The number of rotatable bonds is 5. The van der Waals surface area contributed by atoms with Gasteiger partial charge in [0, 0.05) is 29.0 Å². The Balaban J connectivity index is 1.91. The van der Waals surface area contributed by atoms with Gasteiger partial charge in [0.15, 0.2) is 11.5 Å². The number of benzene rings is 2. The summed E-state index contributed by atoms with van der Waals surface area (Å²) in [6.45, 7) is 6.17. The fourth-order valence-electron chi connectivity index (χ4n) is 3.58. The van der Waals surface area contributed by atoms with E-state index in [4.69, 9.17) is 13.9 Å². The molecule has 0 aliphatic rings. The first kappa shape index (κ1) is 18.1. The fourth-order valence-corrected chi connectivity index (χ4v) is 3.58. The van der Waals surface area contributed by atoms with Gasteiger partial charge in [-0.3, -0.25) is 0 Å². The third-order valence-corrected chi connectivity index (χ3v) is 4.86. The van der Waals surface area contributed by atoms with E-state index in [2.05, 4.69) is 41.2 Å². The Morgan fingerprint density at radius 2 is 1.68 bits per heavy atom. The zero-order valence-electron chi connectivity index (χ0n) is 16.7. The molecule has 4 aromatic rings. The molecule has 0 unspecified atom stereocenters. The van der Waals surface area contributed by atoms with Crippen LogP contribution in [0.3, 0.4) is 0 Å². The maximum Gasteiger partial charge on any atom is 0.247 e. The molecule has 0 saturated carbocycles. The number of fused-ring (bicyclic) bond motifs is 1. The lowest BCUT2D eigenvalue weighted by atomic mass is 9.95. The molecule has 4 rings (SSSR count). The zero-order chi connectivity index (χ0) is 19.8. The van der Waals surface area contributed by atoms with Crippen molar-refractivity contribution in [1.29, 1.82) is 0 Å². The minimum absolute atomic E-state index is 0.316. The van der Waals surface area contributed by atoms with Crippen molar-refractivity contribution in [2.24, 2.45) is 0 Å². The van der Waals surface area contributed by atoms with Crippen LogP contribution in [0.15, 0.2) is 40.8 Å². The lowest BCUT2D eigenvalue weighted by Gasteiger charge is -2.12. The topological polar surface area (TPSA) is 73.2 Å². The average Bonchev–Trinajstić information content (AvgIpc) is 3.30. The van der Waals surface area contributed by atoms with Gasteiger partial charge in [0.2, 0.25) is 11.8 Å². The predicted octanol–water partition coefficient (Wildman–Crippen LogP) is 5.33. The summed E-state index contributed by atoms with van der Waals surface area (Å²) in [5, 5.41) is 9.23. The number of hydrogen-bond acceptors (Lipinski definition) is 5. The molecule has 0 spiro atoms. The summed E-state index contributed by atoms with van der Waals surface area (Å²) in [7, 11) is 3.29. The normalized spacial score (nSPS) is 11.4. The number of aromatic amines is 1. The number of nitrogens with one attached hydrogen (secondary N) is 1. The minimum atomic E-state index is 0.316. The first-order valence-corrected chi connectivity index (χ1v) is 9.20. The molecule has 2 aromatic carbocycles. The third kappa shape index (κ3) is 3.01. The van der Waals surface area contributed by atoms with Gasteiger partial charge in [-0.15, -0.1) is 10.2 Å². The standard InChI is InChI=1S/C22H23N3O3/c1-12(2)20-16-10-15(22-25-24-13(3)28-22)6-8-17(16)23-21(20)14-7-9-18(26-4)19(11-14)27-5/h6-12,23H,1-5H3. The molecule has 0 amide bonds. The van der Waals surface area contributed by atoms with Gasteiger partial charge in [-0.2, -0.15) is 0 Å². The van der Waals surface area contributed by atoms with Gasteiger partial charge >= 0.3 is 0 Å². The Kier molecular flexibility index (Phi) is 4.55. The van der Waals surface area contributed by atoms with Crippen LogP contribution in [0.25, 0.3) is 33.6 Å². The lowest BCUT2D eigenvalue weighted by Crippen LogP contribution is -1.93. The molecule has 0 fully saturated rings. The molecule has 0 bridgehead atoms. The second-order valence-corrected chi connectivity index (χ2v) is 7.02. The summed E-state index contributed by atoms with van der Waals surface area (Å²) in [4.78, 5) is 3.57. The van der Waals surface area contributed by atoms with Crippen molar-refractivity contribution in [1.82, 2.24) is 15.2 Å². The van der Waals surface area contributed by atoms with Crippen molar-refractivity contribution in [3.05, 3.63) is 47.9 Å². The molecule has 2 heterocycles. The van der Waals surface area contributed by atoms with E-state index in [-0.39, 0.29) is 0 Å². The fraction of sp³-hybridized carbons (Fsp3) is 0.273.